The monoisotopic (exact) mass is 183 g/mol. The number of thiophene rings is 1. The first-order valence-corrected chi connectivity index (χ1v) is 3.88. The number of carboxylic acid groups (broad SMARTS) is 1. The zero-order valence-electron chi connectivity index (χ0n) is 5.98. The Morgan fingerprint density at radius 3 is 3.00 bits per heavy atom. The van der Waals surface area contributed by atoms with Crippen LogP contribution in [-0.4, -0.2) is 17.7 Å². The van der Waals surface area contributed by atoms with Crippen LogP contribution in [0.1, 0.15) is 4.88 Å². The van der Waals surface area contributed by atoms with Gasteiger partial charge in [-0.25, -0.2) is 4.79 Å². The first kappa shape index (κ1) is 8.56. The molecule has 0 aliphatic heterocycles. The van der Waals surface area contributed by atoms with Crippen LogP contribution in [0.2, 0.25) is 0 Å². The molecule has 0 radical (unpaired) electrons. The van der Waals surface area contributed by atoms with E-state index in [0.29, 0.717) is 9.94 Å². The largest absolute Gasteiger partial charge is 0.479 e. The van der Waals surface area contributed by atoms with E-state index in [-0.39, 0.29) is 6.61 Å². The lowest BCUT2D eigenvalue weighted by atomic mass is 10.5. The Morgan fingerprint density at radius 2 is 2.50 bits per heavy atom. The number of hydrogen-bond acceptors (Lipinski definition) is 4. The van der Waals surface area contributed by atoms with E-state index in [1.165, 1.54) is 0 Å². The predicted octanol–water partition coefficient (Wildman–Crippen LogP) is 1.08. The molecule has 1 heterocycles. The average Bonchev–Trinajstić information content (AvgIpc) is 2.48. The molecule has 0 aromatic carbocycles. The summed E-state index contributed by atoms with van der Waals surface area (Å²) in [5.74, 6) is -1.03. The fourth-order valence-electron chi connectivity index (χ4n) is 0.591. The summed E-state index contributed by atoms with van der Waals surface area (Å²) in [6, 6.07) is 5.09. The van der Waals surface area contributed by atoms with E-state index in [1.807, 2.05) is 6.07 Å². The number of carboxylic acids is 1. The summed E-state index contributed by atoms with van der Waals surface area (Å²) in [6.07, 6.45) is 0. The molecule has 5 heteroatoms. The summed E-state index contributed by atoms with van der Waals surface area (Å²) in [7, 11) is 0. The van der Waals surface area contributed by atoms with Crippen LogP contribution in [0.15, 0.2) is 12.1 Å². The van der Waals surface area contributed by atoms with Crippen molar-refractivity contribution in [3.8, 4) is 11.1 Å². The second-order valence-corrected chi connectivity index (χ2v) is 2.96. The van der Waals surface area contributed by atoms with E-state index in [1.54, 1.807) is 12.1 Å². The highest BCUT2D eigenvalue weighted by atomic mass is 32.1. The molecule has 0 saturated heterocycles. The summed E-state index contributed by atoms with van der Waals surface area (Å²) >= 11 is 1.13. The maximum absolute atomic E-state index is 10.1. The molecule has 1 N–H and O–H groups in total. The van der Waals surface area contributed by atoms with Crippen molar-refractivity contribution in [2.75, 3.05) is 6.61 Å². The van der Waals surface area contributed by atoms with Crippen LogP contribution in [0.25, 0.3) is 0 Å². The van der Waals surface area contributed by atoms with Gasteiger partial charge in [0, 0.05) is 0 Å². The van der Waals surface area contributed by atoms with Crippen LogP contribution in [0.4, 0.5) is 0 Å². The molecule has 62 valence electrons. The lowest BCUT2D eigenvalue weighted by molar-refractivity contribution is -0.139. The van der Waals surface area contributed by atoms with Crippen LogP contribution in [0.3, 0.4) is 0 Å². The van der Waals surface area contributed by atoms with Crippen LogP contribution in [0, 0.1) is 11.3 Å². The highest BCUT2D eigenvalue weighted by Crippen LogP contribution is 2.23. The van der Waals surface area contributed by atoms with E-state index in [4.69, 9.17) is 15.1 Å². The summed E-state index contributed by atoms with van der Waals surface area (Å²) in [5, 5.41) is 17.1. The van der Waals surface area contributed by atoms with Crippen molar-refractivity contribution in [2.24, 2.45) is 0 Å². The number of aliphatic carboxylic acids is 1. The Bertz CT molecular complexity index is 326. The van der Waals surface area contributed by atoms with Crippen molar-refractivity contribution in [3.05, 3.63) is 17.0 Å². The van der Waals surface area contributed by atoms with Crippen LogP contribution in [0.5, 0.6) is 5.06 Å². The molecular formula is C7H5NO3S. The smallest absolute Gasteiger partial charge is 0.341 e. The van der Waals surface area contributed by atoms with Gasteiger partial charge in [-0.3, -0.25) is 0 Å². The van der Waals surface area contributed by atoms with E-state index in [0.717, 1.165) is 11.3 Å². The Balaban J connectivity index is 2.54. The van der Waals surface area contributed by atoms with Crippen molar-refractivity contribution in [3.63, 3.8) is 0 Å². The highest BCUT2D eigenvalue weighted by Gasteiger charge is 2.02. The van der Waals surface area contributed by atoms with Gasteiger partial charge in [-0.2, -0.15) is 5.26 Å². The molecule has 1 aromatic rings. The maximum Gasteiger partial charge on any atom is 0.341 e. The fourth-order valence-corrected chi connectivity index (χ4v) is 1.24. The van der Waals surface area contributed by atoms with Crippen molar-refractivity contribution in [2.45, 2.75) is 0 Å². The lowest BCUT2D eigenvalue weighted by Gasteiger charge is -1.95. The van der Waals surface area contributed by atoms with Crippen LogP contribution < -0.4 is 4.74 Å². The van der Waals surface area contributed by atoms with Gasteiger partial charge >= 0.3 is 5.97 Å². The molecule has 0 aliphatic rings. The Labute approximate surface area is 72.6 Å². The van der Waals surface area contributed by atoms with Gasteiger partial charge in [0.15, 0.2) is 11.7 Å². The zero-order valence-corrected chi connectivity index (χ0v) is 6.80. The second-order valence-electron chi connectivity index (χ2n) is 1.91. The van der Waals surface area contributed by atoms with Gasteiger partial charge < -0.3 is 9.84 Å². The van der Waals surface area contributed by atoms with Gasteiger partial charge in [-0.15, -0.1) is 0 Å². The second kappa shape index (κ2) is 3.74. The third-order valence-electron chi connectivity index (χ3n) is 1.03. The minimum absolute atomic E-state index is 0.370. The standard InChI is InChI=1S/C7H5NO3S/c8-3-5-1-2-7(12-5)11-4-6(9)10/h1-2H,4H2,(H,9,10). The number of ether oxygens (including phenoxy) is 1. The van der Waals surface area contributed by atoms with E-state index in [2.05, 4.69) is 0 Å². The molecular weight excluding hydrogens is 178 g/mol. The number of nitrogens with zero attached hydrogens (tertiary/aromatic N) is 1. The van der Waals surface area contributed by atoms with Crippen LogP contribution >= 0.6 is 11.3 Å². The van der Waals surface area contributed by atoms with Gasteiger partial charge in [0.2, 0.25) is 0 Å². The zero-order chi connectivity index (χ0) is 8.97. The SMILES string of the molecule is N#Cc1ccc(OCC(=O)O)s1. The van der Waals surface area contributed by atoms with Crippen molar-refractivity contribution < 1.29 is 14.6 Å². The van der Waals surface area contributed by atoms with Crippen molar-refractivity contribution >= 4 is 17.3 Å². The van der Waals surface area contributed by atoms with Gasteiger partial charge in [0.1, 0.15) is 10.9 Å². The Kier molecular flexibility index (Phi) is 2.66. The van der Waals surface area contributed by atoms with Gasteiger partial charge in [0.25, 0.3) is 0 Å². The van der Waals surface area contributed by atoms with Crippen LogP contribution in [-0.2, 0) is 4.79 Å². The van der Waals surface area contributed by atoms with E-state index >= 15 is 0 Å². The number of nitriles is 1. The molecule has 0 bridgehead atoms. The molecule has 0 spiro atoms. The topological polar surface area (TPSA) is 70.3 Å². The highest BCUT2D eigenvalue weighted by molar-refractivity contribution is 7.14. The molecule has 0 amide bonds. The van der Waals surface area contributed by atoms with Gasteiger partial charge in [0.05, 0.1) is 0 Å². The summed E-state index contributed by atoms with van der Waals surface area (Å²) in [4.78, 5) is 10.6. The molecule has 0 saturated carbocycles. The number of rotatable bonds is 3. The molecule has 0 aliphatic carbocycles. The average molecular weight is 183 g/mol. The lowest BCUT2D eigenvalue weighted by Crippen LogP contribution is -2.08. The van der Waals surface area contributed by atoms with E-state index < -0.39 is 5.97 Å². The van der Waals surface area contributed by atoms with Crippen molar-refractivity contribution in [1.29, 1.82) is 5.26 Å². The summed E-state index contributed by atoms with van der Waals surface area (Å²) < 4.78 is 4.82. The van der Waals surface area contributed by atoms with Gasteiger partial charge in [-0.1, -0.05) is 11.3 Å². The summed E-state index contributed by atoms with van der Waals surface area (Å²) in [5.41, 5.74) is 0. The Hall–Kier alpha value is -1.54. The minimum atomic E-state index is -1.03. The van der Waals surface area contributed by atoms with Gasteiger partial charge in [-0.05, 0) is 12.1 Å². The molecule has 1 rings (SSSR count). The molecule has 0 unspecified atom stereocenters. The third-order valence-corrected chi connectivity index (χ3v) is 1.93. The number of carbonyl (C=O) groups is 1. The molecule has 1 aromatic heterocycles. The molecule has 12 heavy (non-hydrogen) atoms. The predicted molar refractivity (Wildman–Crippen MR) is 42.2 cm³/mol. The third kappa shape index (κ3) is 2.25. The quantitative estimate of drug-likeness (QED) is 0.761. The Morgan fingerprint density at radius 1 is 1.75 bits per heavy atom. The molecule has 4 nitrogen and oxygen atoms in total. The summed E-state index contributed by atoms with van der Waals surface area (Å²) in [6.45, 7) is -0.370. The fraction of sp³-hybridized carbons (Fsp3) is 0.143. The molecule has 0 fully saturated rings. The molecule has 0 atom stereocenters. The van der Waals surface area contributed by atoms with Crippen molar-refractivity contribution in [1.82, 2.24) is 0 Å². The normalized spacial score (nSPS) is 8.92. The first-order chi connectivity index (χ1) is 5.72. The minimum Gasteiger partial charge on any atom is -0.479 e. The van der Waals surface area contributed by atoms with E-state index in [9.17, 15) is 4.79 Å². The first-order valence-electron chi connectivity index (χ1n) is 3.07. The number of hydrogen-bond donors (Lipinski definition) is 1. The maximum atomic E-state index is 10.1.